The Kier molecular flexibility index (Phi) is 16.8. The van der Waals surface area contributed by atoms with E-state index in [-0.39, 0.29) is 16.2 Å². The van der Waals surface area contributed by atoms with Crippen LogP contribution in [0.1, 0.15) is 83.1 Å². The molecule has 0 atom stereocenters. The molecule has 0 unspecified atom stereocenters. The Morgan fingerprint density at radius 2 is 0.571 bits per heavy atom. The molecule has 1 heteroatoms. The van der Waals surface area contributed by atoms with Gasteiger partial charge in [0, 0.05) is 0 Å². The average molecular weight is 378 g/mol. The third-order valence-electron chi connectivity index (χ3n) is 0.306. The van der Waals surface area contributed by atoms with Crippen LogP contribution in [-0.4, -0.2) is 0 Å². The fraction of sp³-hybridized carbons (Fsp3) is 0.800. The van der Waals surface area contributed by atoms with Gasteiger partial charge in [0.1, 0.15) is 0 Å². The van der Waals surface area contributed by atoms with Gasteiger partial charge in [-0.05, 0) is 0 Å². The molecule has 21 heavy (non-hydrogen) atoms. The van der Waals surface area contributed by atoms with Gasteiger partial charge in [-0.15, -0.1) is 0 Å². The quantitative estimate of drug-likeness (QED) is 0.310. The average Bonchev–Trinajstić information content (AvgIpc) is 1.91. The predicted octanol–water partition coefficient (Wildman–Crippen LogP) is 7.14. The molecular formula is C20H42Mo-3. The standard InChI is InChI=1S/3C5H11.C5H9.Mo/c4*1-5(2,3)4;/h3*1H2,2-4H3;1-3H3;/q3*-1;;. The Morgan fingerprint density at radius 3 is 0.571 bits per heavy atom. The van der Waals surface area contributed by atoms with Crippen molar-refractivity contribution in [1.82, 2.24) is 0 Å². The van der Waals surface area contributed by atoms with Crippen molar-refractivity contribution < 1.29 is 19.2 Å². The first-order valence-electron chi connectivity index (χ1n) is 7.51. The molecule has 0 bridgehead atoms. The summed E-state index contributed by atoms with van der Waals surface area (Å²) in [5.41, 5.74) is 1.05. The van der Waals surface area contributed by atoms with E-state index in [1.54, 1.807) is 0 Å². The van der Waals surface area contributed by atoms with Gasteiger partial charge in [0.05, 0.1) is 0 Å². The summed E-state index contributed by atoms with van der Waals surface area (Å²) in [6.07, 6.45) is 0. The summed E-state index contributed by atoms with van der Waals surface area (Å²) in [5, 5.41) is 0. The Balaban J connectivity index is -0.0000000921. The van der Waals surface area contributed by atoms with Crippen LogP contribution >= 0.6 is 0 Å². The molecule has 0 nitrogen and oxygen atoms in total. The minimum Gasteiger partial charge on any atom is -0.338 e. The SMILES string of the molecule is CC(C)(C)[C]#[Mo].[CH2-]C(C)(C)C.[CH2-]C(C)(C)C.[CH2-]C(C)(C)C. The van der Waals surface area contributed by atoms with Crippen LogP contribution in [0.15, 0.2) is 0 Å². The number of hydrogen-bond donors (Lipinski definition) is 0. The molecule has 0 saturated carbocycles. The molecule has 0 spiro atoms. The van der Waals surface area contributed by atoms with Crippen LogP contribution < -0.4 is 0 Å². The molecule has 0 rings (SSSR count). The van der Waals surface area contributed by atoms with E-state index in [0.29, 0.717) is 5.41 Å². The number of hydrogen-bond acceptors (Lipinski definition) is 0. The van der Waals surface area contributed by atoms with Gasteiger partial charge in [-0.1, -0.05) is 62.3 Å². The summed E-state index contributed by atoms with van der Waals surface area (Å²) in [6, 6.07) is 0. The van der Waals surface area contributed by atoms with Crippen LogP contribution in [0, 0.1) is 46.6 Å². The second kappa shape index (κ2) is 12.0. The van der Waals surface area contributed by atoms with Crippen molar-refractivity contribution in [2.24, 2.45) is 21.7 Å². The van der Waals surface area contributed by atoms with E-state index >= 15 is 0 Å². The Morgan fingerprint density at radius 1 is 0.524 bits per heavy atom. The Hall–Kier alpha value is 0.468. The van der Waals surface area contributed by atoms with E-state index in [0.717, 1.165) is 0 Å². The first-order chi connectivity index (χ1) is 8.56. The molecule has 131 valence electrons. The van der Waals surface area contributed by atoms with Gasteiger partial charge in [-0.3, -0.25) is 0 Å². The maximum absolute atomic E-state index is 3.77. The van der Waals surface area contributed by atoms with E-state index in [9.17, 15) is 0 Å². The molecule has 0 N–H and O–H groups in total. The molecule has 0 aromatic rings. The second-order valence-electron chi connectivity index (χ2n) is 10.0. The van der Waals surface area contributed by atoms with Gasteiger partial charge >= 0.3 is 49.5 Å². The summed E-state index contributed by atoms with van der Waals surface area (Å²) < 4.78 is 3.11. The monoisotopic (exact) mass is 380 g/mol. The van der Waals surface area contributed by atoms with Gasteiger partial charge in [0.2, 0.25) is 0 Å². The zero-order valence-electron chi connectivity index (χ0n) is 17.0. The maximum Gasteiger partial charge on any atom is -0.0878 e. The van der Waals surface area contributed by atoms with Crippen molar-refractivity contribution in [2.75, 3.05) is 0 Å². The molecule has 0 aromatic heterocycles. The van der Waals surface area contributed by atoms with Crippen LogP contribution in [0.25, 0.3) is 0 Å². The molecule has 0 fully saturated rings. The van der Waals surface area contributed by atoms with E-state index in [4.69, 9.17) is 0 Å². The van der Waals surface area contributed by atoms with E-state index in [1.807, 2.05) is 19.2 Å². The predicted molar refractivity (Wildman–Crippen MR) is 97.8 cm³/mol. The van der Waals surface area contributed by atoms with E-state index < -0.39 is 0 Å². The fourth-order valence-electron chi connectivity index (χ4n) is 0. The Labute approximate surface area is 148 Å². The summed E-state index contributed by atoms with van der Waals surface area (Å²) in [6.45, 7) is 36.4. The fourth-order valence-corrected chi connectivity index (χ4v) is 0. The summed E-state index contributed by atoms with van der Waals surface area (Å²) >= 11 is 1.90. The van der Waals surface area contributed by atoms with Crippen LogP contribution in [0.5, 0.6) is 0 Å². The van der Waals surface area contributed by atoms with Crippen LogP contribution in [0.3, 0.4) is 0 Å². The van der Waals surface area contributed by atoms with Crippen molar-refractivity contribution in [3.8, 4) is 4.20 Å². The molecule has 0 aromatic carbocycles. The number of rotatable bonds is 0. The van der Waals surface area contributed by atoms with Gasteiger partial charge in [0.15, 0.2) is 0 Å². The zero-order chi connectivity index (χ0) is 18.7. The third kappa shape index (κ3) is 580. The first-order valence-corrected chi connectivity index (χ1v) is 8.52. The second-order valence-corrected chi connectivity index (χ2v) is 10.5. The Bertz CT molecular complexity index is 206. The minimum atomic E-state index is 0.250. The summed E-state index contributed by atoms with van der Waals surface area (Å²) in [7, 11) is 0. The third-order valence-corrected chi connectivity index (χ3v) is 1.81. The smallest absolute Gasteiger partial charge is 0.0878 e. The van der Waals surface area contributed by atoms with Crippen molar-refractivity contribution in [3.63, 3.8) is 0 Å². The van der Waals surface area contributed by atoms with Crippen molar-refractivity contribution in [3.05, 3.63) is 20.8 Å². The largest absolute Gasteiger partial charge is 0.338 e. The van der Waals surface area contributed by atoms with Crippen LogP contribution in [-0.2, 0) is 19.2 Å². The van der Waals surface area contributed by atoms with Crippen molar-refractivity contribution >= 4 is 0 Å². The molecule has 0 aliphatic rings. The van der Waals surface area contributed by atoms with E-state index in [2.05, 4.69) is 108 Å². The van der Waals surface area contributed by atoms with Crippen LogP contribution in [0.2, 0.25) is 0 Å². The van der Waals surface area contributed by atoms with E-state index in [1.165, 1.54) is 0 Å². The van der Waals surface area contributed by atoms with Gasteiger partial charge in [-0.25, -0.2) is 0 Å². The van der Waals surface area contributed by atoms with Gasteiger partial charge in [-0.2, -0.15) is 16.2 Å². The first kappa shape index (κ1) is 29.5. The molecule has 0 heterocycles. The summed E-state index contributed by atoms with van der Waals surface area (Å²) in [4.78, 5) is 0. The van der Waals surface area contributed by atoms with Crippen molar-refractivity contribution in [2.45, 2.75) is 83.1 Å². The van der Waals surface area contributed by atoms with Crippen molar-refractivity contribution in [1.29, 1.82) is 0 Å². The normalized spacial score (nSPS) is 11.5. The molecule has 0 saturated heterocycles. The minimum absolute atomic E-state index is 0.250. The van der Waals surface area contributed by atoms with Gasteiger partial charge in [0.25, 0.3) is 0 Å². The molecule has 0 aliphatic heterocycles. The zero-order valence-corrected chi connectivity index (χ0v) is 19.0. The summed E-state index contributed by atoms with van der Waals surface area (Å²) in [5.74, 6) is 0. The topological polar surface area (TPSA) is 0 Å². The molecule has 0 amide bonds. The molecule has 0 radical (unpaired) electrons. The molecular weight excluding hydrogens is 336 g/mol. The molecule has 0 aliphatic carbocycles. The van der Waals surface area contributed by atoms with Crippen LogP contribution in [0.4, 0.5) is 0 Å². The maximum atomic E-state index is 3.77. The van der Waals surface area contributed by atoms with Gasteiger partial charge < -0.3 is 20.8 Å².